The van der Waals surface area contributed by atoms with Gasteiger partial charge in [-0.3, -0.25) is 0 Å². The van der Waals surface area contributed by atoms with Gasteiger partial charge in [-0.15, -0.1) is 0 Å². The van der Waals surface area contributed by atoms with Gasteiger partial charge in [0.2, 0.25) is 0 Å². The SMILES string of the molecule is COc1ccc(N(C)CC2(C#N)CCC2)cc1OC. The van der Waals surface area contributed by atoms with Crippen LogP contribution in [0.1, 0.15) is 19.3 Å². The first-order valence-electron chi connectivity index (χ1n) is 6.48. The summed E-state index contributed by atoms with van der Waals surface area (Å²) in [4.78, 5) is 2.12. The molecule has 0 atom stereocenters. The molecule has 0 aromatic heterocycles. The Morgan fingerprint density at radius 1 is 1.26 bits per heavy atom. The van der Waals surface area contributed by atoms with Crippen LogP contribution in [-0.4, -0.2) is 27.8 Å². The zero-order chi connectivity index (χ0) is 13.9. The van der Waals surface area contributed by atoms with E-state index in [0.29, 0.717) is 5.75 Å². The molecule has 1 aromatic carbocycles. The number of rotatable bonds is 5. The zero-order valence-corrected chi connectivity index (χ0v) is 11.8. The molecule has 0 radical (unpaired) electrons. The lowest BCUT2D eigenvalue weighted by Gasteiger charge is -2.39. The van der Waals surface area contributed by atoms with Gasteiger partial charge in [-0.25, -0.2) is 0 Å². The van der Waals surface area contributed by atoms with E-state index in [9.17, 15) is 5.26 Å². The summed E-state index contributed by atoms with van der Waals surface area (Å²) in [6.07, 6.45) is 3.16. The first-order chi connectivity index (χ1) is 9.14. The topological polar surface area (TPSA) is 45.5 Å². The number of nitriles is 1. The van der Waals surface area contributed by atoms with Gasteiger partial charge in [0.1, 0.15) is 0 Å². The van der Waals surface area contributed by atoms with E-state index in [1.165, 1.54) is 0 Å². The van der Waals surface area contributed by atoms with Crippen LogP contribution in [0.25, 0.3) is 0 Å². The minimum atomic E-state index is -0.165. The van der Waals surface area contributed by atoms with E-state index < -0.39 is 0 Å². The smallest absolute Gasteiger partial charge is 0.162 e. The molecule has 1 aromatic rings. The van der Waals surface area contributed by atoms with Crippen LogP contribution >= 0.6 is 0 Å². The summed E-state index contributed by atoms with van der Waals surface area (Å²) in [5, 5.41) is 9.29. The van der Waals surface area contributed by atoms with Crippen molar-refractivity contribution < 1.29 is 9.47 Å². The Morgan fingerprint density at radius 2 is 1.95 bits per heavy atom. The molecule has 0 aliphatic heterocycles. The highest BCUT2D eigenvalue weighted by Gasteiger charge is 2.38. The molecule has 1 saturated carbocycles. The van der Waals surface area contributed by atoms with E-state index in [1.807, 2.05) is 25.2 Å². The van der Waals surface area contributed by atoms with Crippen molar-refractivity contribution in [1.29, 1.82) is 5.26 Å². The second-order valence-electron chi connectivity index (χ2n) is 5.14. The highest BCUT2D eigenvalue weighted by Crippen LogP contribution is 2.42. The van der Waals surface area contributed by atoms with Crippen LogP contribution in [0.15, 0.2) is 18.2 Å². The predicted octanol–water partition coefficient (Wildman–Crippen LogP) is 2.83. The summed E-state index contributed by atoms with van der Waals surface area (Å²) in [6, 6.07) is 8.30. The third-order valence-corrected chi connectivity index (χ3v) is 3.90. The Balaban J connectivity index is 2.15. The number of nitrogens with zero attached hydrogens (tertiary/aromatic N) is 2. The maximum absolute atomic E-state index is 9.29. The van der Waals surface area contributed by atoms with Crippen LogP contribution < -0.4 is 14.4 Å². The Bertz CT molecular complexity index is 489. The van der Waals surface area contributed by atoms with Gasteiger partial charge in [0, 0.05) is 25.3 Å². The fourth-order valence-corrected chi connectivity index (χ4v) is 2.52. The molecule has 4 nitrogen and oxygen atoms in total. The third kappa shape index (κ3) is 2.60. The summed E-state index contributed by atoms with van der Waals surface area (Å²) >= 11 is 0. The van der Waals surface area contributed by atoms with Crippen LogP contribution in [0.4, 0.5) is 5.69 Å². The van der Waals surface area contributed by atoms with Crippen LogP contribution in [-0.2, 0) is 0 Å². The van der Waals surface area contributed by atoms with Gasteiger partial charge in [0.25, 0.3) is 0 Å². The quantitative estimate of drug-likeness (QED) is 0.816. The number of hydrogen-bond acceptors (Lipinski definition) is 4. The lowest BCUT2D eigenvalue weighted by molar-refractivity contribution is 0.223. The third-order valence-electron chi connectivity index (χ3n) is 3.90. The summed E-state index contributed by atoms with van der Waals surface area (Å²) in [5.74, 6) is 1.43. The average molecular weight is 260 g/mol. The maximum atomic E-state index is 9.29. The van der Waals surface area contributed by atoms with E-state index >= 15 is 0 Å². The highest BCUT2D eigenvalue weighted by molar-refractivity contribution is 5.56. The molecule has 0 spiro atoms. The van der Waals surface area contributed by atoms with Gasteiger partial charge in [0.15, 0.2) is 11.5 Å². The molecular weight excluding hydrogens is 240 g/mol. The van der Waals surface area contributed by atoms with Crippen molar-refractivity contribution in [3.8, 4) is 17.6 Å². The Kier molecular flexibility index (Phi) is 3.84. The molecule has 0 N–H and O–H groups in total. The highest BCUT2D eigenvalue weighted by atomic mass is 16.5. The number of benzene rings is 1. The average Bonchev–Trinajstić information content (AvgIpc) is 2.41. The van der Waals surface area contributed by atoms with Gasteiger partial charge in [-0.05, 0) is 25.0 Å². The van der Waals surface area contributed by atoms with Crippen LogP contribution in [0.2, 0.25) is 0 Å². The van der Waals surface area contributed by atoms with Crippen LogP contribution in [0, 0.1) is 16.7 Å². The van der Waals surface area contributed by atoms with Crippen molar-refractivity contribution in [1.82, 2.24) is 0 Å². The number of ether oxygens (including phenoxy) is 2. The maximum Gasteiger partial charge on any atom is 0.162 e. The largest absolute Gasteiger partial charge is 0.493 e. The second kappa shape index (κ2) is 5.40. The van der Waals surface area contributed by atoms with Crippen LogP contribution in [0.5, 0.6) is 11.5 Å². The Hall–Kier alpha value is -1.89. The lowest BCUT2D eigenvalue weighted by Crippen LogP contribution is -2.39. The fourth-order valence-electron chi connectivity index (χ4n) is 2.52. The van der Waals surface area contributed by atoms with E-state index in [1.54, 1.807) is 14.2 Å². The predicted molar refractivity (Wildman–Crippen MR) is 74.7 cm³/mol. The molecule has 1 fully saturated rings. The standard InChI is InChI=1S/C15H20N2O2/c1-17(11-15(10-16)7-4-8-15)12-5-6-13(18-2)14(9-12)19-3/h5-6,9H,4,7-8,11H2,1-3H3. The van der Waals surface area contributed by atoms with Crippen molar-refractivity contribution in [2.75, 3.05) is 32.7 Å². The number of hydrogen-bond donors (Lipinski definition) is 0. The lowest BCUT2D eigenvalue weighted by atomic mass is 9.69. The number of anilines is 1. The monoisotopic (exact) mass is 260 g/mol. The molecule has 4 heteroatoms. The summed E-state index contributed by atoms with van der Waals surface area (Å²) in [6.45, 7) is 0.763. The Labute approximate surface area is 114 Å². The van der Waals surface area contributed by atoms with Crippen molar-refractivity contribution in [2.24, 2.45) is 5.41 Å². The van der Waals surface area contributed by atoms with Crippen molar-refractivity contribution in [3.05, 3.63) is 18.2 Å². The van der Waals surface area contributed by atoms with Crippen molar-refractivity contribution in [2.45, 2.75) is 19.3 Å². The molecule has 2 rings (SSSR count). The molecule has 0 heterocycles. The zero-order valence-electron chi connectivity index (χ0n) is 11.8. The minimum absolute atomic E-state index is 0.165. The molecule has 0 saturated heterocycles. The van der Waals surface area contributed by atoms with Crippen molar-refractivity contribution in [3.63, 3.8) is 0 Å². The molecule has 19 heavy (non-hydrogen) atoms. The first-order valence-corrected chi connectivity index (χ1v) is 6.48. The van der Waals surface area contributed by atoms with Crippen LogP contribution in [0.3, 0.4) is 0 Å². The normalized spacial score (nSPS) is 16.1. The molecule has 102 valence electrons. The first kappa shape index (κ1) is 13.5. The van der Waals surface area contributed by atoms with E-state index in [-0.39, 0.29) is 5.41 Å². The molecule has 1 aliphatic rings. The molecule has 0 unspecified atom stereocenters. The second-order valence-corrected chi connectivity index (χ2v) is 5.14. The minimum Gasteiger partial charge on any atom is -0.493 e. The Morgan fingerprint density at radius 3 is 2.42 bits per heavy atom. The molecule has 0 bridgehead atoms. The molecule has 0 amide bonds. The van der Waals surface area contributed by atoms with Gasteiger partial charge in [-0.2, -0.15) is 5.26 Å². The van der Waals surface area contributed by atoms with Gasteiger partial charge in [0.05, 0.1) is 25.7 Å². The van der Waals surface area contributed by atoms with E-state index in [0.717, 1.165) is 37.2 Å². The van der Waals surface area contributed by atoms with Gasteiger partial charge < -0.3 is 14.4 Å². The summed E-state index contributed by atoms with van der Waals surface area (Å²) in [7, 11) is 5.27. The van der Waals surface area contributed by atoms with E-state index in [4.69, 9.17) is 9.47 Å². The summed E-state index contributed by atoms with van der Waals surface area (Å²) < 4.78 is 10.5. The molecular formula is C15H20N2O2. The van der Waals surface area contributed by atoms with Gasteiger partial charge >= 0.3 is 0 Å². The van der Waals surface area contributed by atoms with E-state index in [2.05, 4.69) is 11.0 Å². The molecule has 1 aliphatic carbocycles. The van der Waals surface area contributed by atoms with Gasteiger partial charge in [-0.1, -0.05) is 6.42 Å². The van der Waals surface area contributed by atoms with Crippen molar-refractivity contribution >= 4 is 5.69 Å². The summed E-state index contributed by atoms with van der Waals surface area (Å²) in [5.41, 5.74) is 0.876. The fraction of sp³-hybridized carbons (Fsp3) is 0.533. The number of methoxy groups -OCH3 is 2.